The molecule has 1 aromatic heterocycles. The van der Waals surface area contributed by atoms with Crippen LogP contribution in [0.3, 0.4) is 0 Å². The van der Waals surface area contributed by atoms with Gasteiger partial charge in [0, 0.05) is 33.4 Å². The summed E-state index contributed by atoms with van der Waals surface area (Å²) in [7, 11) is 3.17. The highest BCUT2D eigenvalue weighted by atomic mass is 16.2. The van der Waals surface area contributed by atoms with Gasteiger partial charge in [-0.05, 0) is 18.6 Å². The van der Waals surface area contributed by atoms with Gasteiger partial charge in [0.15, 0.2) is 0 Å². The number of hydrogen-bond acceptors (Lipinski definition) is 4. The summed E-state index contributed by atoms with van der Waals surface area (Å²) in [5.41, 5.74) is 5.61. The minimum absolute atomic E-state index is 0.269. The Labute approximate surface area is 163 Å². The lowest BCUT2D eigenvalue weighted by atomic mass is 10.1. The van der Waals surface area contributed by atoms with Gasteiger partial charge in [-0.3, -0.25) is 14.4 Å². The zero-order valence-corrected chi connectivity index (χ0v) is 16.1. The monoisotopic (exact) mass is 390 g/mol. The van der Waals surface area contributed by atoms with E-state index in [1.54, 1.807) is 29.9 Å². The fourth-order valence-corrected chi connectivity index (χ4v) is 3.23. The van der Waals surface area contributed by atoms with Crippen molar-refractivity contribution in [3.05, 3.63) is 36.7 Å². The van der Waals surface area contributed by atoms with E-state index in [-0.39, 0.29) is 25.5 Å². The summed E-state index contributed by atoms with van der Waals surface area (Å²) in [5, 5.41) is 5.32. The van der Waals surface area contributed by atoms with Crippen LogP contribution in [0.4, 0.5) is 4.79 Å². The number of nitrogens with zero attached hydrogens (tertiary/aromatic N) is 3. The maximum atomic E-state index is 13.0. The molecule has 0 bridgehead atoms. The average Bonchev–Trinajstić information content (AvgIpc) is 3.24. The van der Waals surface area contributed by atoms with Gasteiger partial charge in [0.1, 0.15) is 11.7 Å². The third kappa shape index (κ3) is 4.70. The fraction of sp³-hybridized carbons (Fsp3) is 0.444. The minimum Gasteiger partial charge on any atom is -0.368 e. The number of carbonyl (C=O) groups is 4. The molecule has 1 fully saturated rings. The summed E-state index contributed by atoms with van der Waals surface area (Å²) in [4.78, 5) is 51.8. The van der Waals surface area contributed by atoms with Gasteiger partial charge in [-0.25, -0.2) is 4.79 Å². The van der Waals surface area contributed by atoms with Crippen LogP contribution in [0, 0.1) is 0 Å². The van der Waals surface area contributed by atoms with Gasteiger partial charge in [-0.2, -0.15) is 0 Å². The van der Waals surface area contributed by atoms with Crippen molar-refractivity contribution in [2.24, 2.45) is 12.8 Å². The Morgan fingerprint density at radius 1 is 1.39 bits per heavy atom. The molecule has 4 N–H and O–H groups in total. The van der Waals surface area contributed by atoms with Crippen LogP contribution in [0.2, 0.25) is 0 Å². The number of urea groups is 1. The quantitative estimate of drug-likeness (QED) is 0.518. The van der Waals surface area contributed by atoms with E-state index in [1.165, 1.54) is 22.9 Å². The number of likely N-dealkylation sites (tertiary alicyclic amines) is 1. The van der Waals surface area contributed by atoms with E-state index in [0.29, 0.717) is 12.1 Å². The van der Waals surface area contributed by atoms with Gasteiger partial charge >= 0.3 is 6.03 Å². The highest BCUT2D eigenvalue weighted by molar-refractivity contribution is 5.98. The molecule has 28 heavy (non-hydrogen) atoms. The van der Waals surface area contributed by atoms with Crippen molar-refractivity contribution in [3.63, 3.8) is 0 Å². The Morgan fingerprint density at radius 3 is 2.68 bits per heavy atom. The van der Waals surface area contributed by atoms with Crippen LogP contribution < -0.4 is 16.4 Å². The molecule has 0 aromatic carbocycles. The Bertz CT molecular complexity index is 774. The number of aryl methyl sites for hydroxylation is 1. The highest BCUT2D eigenvalue weighted by Gasteiger charge is 2.44. The molecule has 0 radical (unpaired) electrons. The molecule has 1 aliphatic heterocycles. The third-order valence-electron chi connectivity index (χ3n) is 4.57. The topological polar surface area (TPSA) is 130 Å². The van der Waals surface area contributed by atoms with E-state index in [9.17, 15) is 19.2 Å². The lowest BCUT2D eigenvalue weighted by Crippen LogP contribution is -2.57. The Kier molecular flexibility index (Phi) is 6.80. The maximum absolute atomic E-state index is 13.0. The van der Waals surface area contributed by atoms with Gasteiger partial charge in [0.25, 0.3) is 5.91 Å². The van der Waals surface area contributed by atoms with Crippen LogP contribution >= 0.6 is 0 Å². The standard InChI is InChI=1S/C18H26N6O4/c1-4-8-20-18(28)21-12-7-10-24(16(26)13-6-5-9-22(13)2)15(12)17(27)23(3)11-14(19)25/h4-6,9,12,15H,1,7-8,10-11H2,2-3H3,(H2,19,25)(H2,20,21,28)/t12-,15-/m0/s1. The number of hydrogen-bond donors (Lipinski definition) is 3. The van der Waals surface area contributed by atoms with E-state index in [0.717, 1.165) is 0 Å². The number of nitrogens with two attached hydrogens (primary N) is 1. The zero-order chi connectivity index (χ0) is 20.8. The first-order valence-corrected chi connectivity index (χ1v) is 8.87. The second-order valence-electron chi connectivity index (χ2n) is 6.65. The summed E-state index contributed by atoms with van der Waals surface area (Å²) in [5.74, 6) is -1.45. The SMILES string of the molecule is C=CCNC(=O)N[C@H]1CCN(C(=O)c2cccn2C)[C@@H]1C(=O)N(C)CC(N)=O. The molecule has 10 nitrogen and oxygen atoms in total. The second kappa shape index (κ2) is 9.07. The predicted molar refractivity (Wildman–Crippen MR) is 102 cm³/mol. The van der Waals surface area contributed by atoms with Gasteiger partial charge < -0.3 is 30.7 Å². The number of carbonyl (C=O) groups excluding carboxylic acids is 4. The molecule has 1 aromatic rings. The van der Waals surface area contributed by atoms with Crippen molar-refractivity contribution in [1.29, 1.82) is 0 Å². The van der Waals surface area contributed by atoms with E-state index >= 15 is 0 Å². The number of aromatic nitrogens is 1. The highest BCUT2D eigenvalue weighted by Crippen LogP contribution is 2.23. The van der Waals surface area contributed by atoms with Gasteiger partial charge in [-0.1, -0.05) is 6.08 Å². The molecular formula is C18H26N6O4. The number of nitrogens with one attached hydrogen (secondary N) is 2. The summed E-state index contributed by atoms with van der Waals surface area (Å²) < 4.78 is 1.66. The summed E-state index contributed by atoms with van der Waals surface area (Å²) in [6.07, 6.45) is 3.67. The Morgan fingerprint density at radius 2 is 2.11 bits per heavy atom. The normalized spacial score (nSPS) is 18.4. The molecule has 2 atom stereocenters. The number of amides is 5. The van der Waals surface area contributed by atoms with Crippen LogP contribution in [0.25, 0.3) is 0 Å². The summed E-state index contributed by atoms with van der Waals surface area (Å²) in [6, 6.07) is 1.39. The van der Waals surface area contributed by atoms with Crippen molar-refractivity contribution in [2.45, 2.75) is 18.5 Å². The fourth-order valence-electron chi connectivity index (χ4n) is 3.23. The van der Waals surface area contributed by atoms with Gasteiger partial charge in [0.2, 0.25) is 11.8 Å². The Hall–Kier alpha value is -3.30. The summed E-state index contributed by atoms with van der Waals surface area (Å²) in [6.45, 7) is 3.80. The second-order valence-corrected chi connectivity index (χ2v) is 6.65. The lowest BCUT2D eigenvalue weighted by Gasteiger charge is -2.30. The molecule has 152 valence electrons. The van der Waals surface area contributed by atoms with Crippen molar-refractivity contribution < 1.29 is 19.2 Å². The van der Waals surface area contributed by atoms with E-state index in [1.807, 2.05) is 0 Å². The van der Waals surface area contributed by atoms with Gasteiger partial charge in [-0.15, -0.1) is 6.58 Å². The lowest BCUT2D eigenvalue weighted by molar-refractivity contribution is -0.137. The number of primary amides is 1. The first-order valence-electron chi connectivity index (χ1n) is 8.87. The van der Waals surface area contributed by atoms with Crippen molar-refractivity contribution in [3.8, 4) is 0 Å². The van der Waals surface area contributed by atoms with E-state index < -0.39 is 29.9 Å². The molecule has 10 heteroatoms. The van der Waals surface area contributed by atoms with Crippen molar-refractivity contribution >= 4 is 23.8 Å². The van der Waals surface area contributed by atoms with Crippen molar-refractivity contribution in [1.82, 2.24) is 25.0 Å². The molecule has 5 amide bonds. The van der Waals surface area contributed by atoms with Crippen LogP contribution in [0.15, 0.2) is 31.0 Å². The van der Waals surface area contributed by atoms with Crippen LogP contribution in [-0.2, 0) is 16.6 Å². The molecule has 0 saturated carbocycles. The minimum atomic E-state index is -0.943. The van der Waals surface area contributed by atoms with Crippen LogP contribution in [0.1, 0.15) is 16.9 Å². The predicted octanol–water partition coefficient (Wildman–Crippen LogP) is -0.963. The Balaban J connectivity index is 2.25. The third-order valence-corrected chi connectivity index (χ3v) is 4.57. The smallest absolute Gasteiger partial charge is 0.315 e. The number of rotatable bonds is 7. The molecule has 2 heterocycles. The van der Waals surface area contributed by atoms with Crippen molar-refractivity contribution in [2.75, 3.05) is 26.7 Å². The van der Waals surface area contributed by atoms with E-state index in [4.69, 9.17) is 5.73 Å². The van der Waals surface area contributed by atoms with Crippen LogP contribution in [-0.4, -0.2) is 76.9 Å². The maximum Gasteiger partial charge on any atom is 0.315 e. The first kappa shape index (κ1) is 21.0. The first-order chi connectivity index (χ1) is 13.3. The molecule has 0 unspecified atom stereocenters. The van der Waals surface area contributed by atoms with E-state index in [2.05, 4.69) is 17.2 Å². The van der Waals surface area contributed by atoms with Gasteiger partial charge in [0.05, 0.1) is 12.6 Å². The molecule has 2 rings (SSSR count). The molecule has 0 aliphatic carbocycles. The van der Waals surface area contributed by atoms with Crippen LogP contribution in [0.5, 0.6) is 0 Å². The number of likely N-dealkylation sites (N-methyl/N-ethyl adjacent to an activating group) is 1. The molecular weight excluding hydrogens is 364 g/mol. The molecule has 1 aliphatic rings. The average molecular weight is 390 g/mol. The largest absolute Gasteiger partial charge is 0.368 e. The molecule has 1 saturated heterocycles. The zero-order valence-electron chi connectivity index (χ0n) is 16.1. The molecule has 0 spiro atoms. The summed E-state index contributed by atoms with van der Waals surface area (Å²) >= 11 is 0.